The summed E-state index contributed by atoms with van der Waals surface area (Å²) in [4.78, 5) is 14.3. The second kappa shape index (κ2) is 7.23. The third-order valence-electron chi connectivity index (χ3n) is 4.10. The van der Waals surface area contributed by atoms with E-state index >= 15 is 0 Å². The molecular weight excluding hydrogens is 284 g/mol. The lowest BCUT2D eigenvalue weighted by Crippen LogP contribution is -2.51. The van der Waals surface area contributed by atoms with Gasteiger partial charge < -0.3 is 15.0 Å². The van der Waals surface area contributed by atoms with E-state index in [1.807, 2.05) is 37.4 Å². The van der Waals surface area contributed by atoms with Crippen LogP contribution in [0, 0.1) is 0 Å². The van der Waals surface area contributed by atoms with E-state index in [0.717, 1.165) is 31.2 Å². The largest absolute Gasteiger partial charge is 0.444 e. The van der Waals surface area contributed by atoms with Crippen molar-refractivity contribution in [2.45, 2.75) is 76.3 Å². The number of carbonyl (C=O) groups excluding carboxylic acids is 1. The van der Waals surface area contributed by atoms with Crippen molar-refractivity contribution in [3.63, 3.8) is 0 Å². The molecule has 0 aliphatic carbocycles. The fourth-order valence-corrected chi connectivity index (χ4v) is 4.22. The highest BCUT2D eigenvalue weighted by atomic mass is 32.2. The lowest BCUT2D eigenvalue weighted by molar-refractivity contribution is 0.00972. The monoisotopic (exact) mass is 314 g/mol. The Kier molecular flexibility index (Phi) is 5.83. The molecule has 2 aliphatic heterocycles. The SMILES string of the molecule is CC1CC(NCC2CCCCN2C(=O)OC(C)(C)C)CS1. The van der Waals surface area contributed by atoms with Crippen LogP contribution in [0.2, 0.25) is 0 Å². The Bertz CT molecular complexity index is 357. The topological polar surface area (TPSA) is 41.6 Å². The summed E-state index contributed by atoms with van der Waals surface area (Å²) >= 11 is 2.04. The van der Waals surface area contributed by atoms with Crippen molar-refractivity contribution < 1.29 is 9.53 Å². The minimum Gasteiger partial charge on any atom is -0.444 e. The number of nitrogens with one attached hydrogen (secondary N) is 1. The van der Waals surface area contributed by atoms with Gasteiger partial charge in [0.05, 0.1) is 0 Å². The zero-order valence-electron chi connectivity index (χ0n) is 13.9. The molecule has 5 heteroatoms. The van der Waals surface area contributed by atoms with Crippen molar-refractivity contribution in [1.82, 2.24) is 10.2 Å². The smallest absolute Gasteiger partial charge is 0.410 e. The van der Waals surface area contributed by atoms with E-state index in [1.165, 1.54) is 18.6 Å². The fourth-order valence-electron chi connectivity index (χ4n) is 3.04. The predicted octanol–water partition coefficient (Wildman–Crippen LogP) is 3.26. The van der Waals surface area contributed by atoms with Gasteiger partial charge in [0.1, 0.15) is 5.60 Å². The molecule has 3 unspecified atom stereocenters. The molecule has 1 N–H and O–H groups in total. The number of nitrogens with zero attached hydrogens (tertiary/aromatic N) is 1. The summed E-state index contributed by atoms with van der Waals surface area (Å²) < 4.78 is 5.55. The van der Waals surface area contributed by atoms with E-state index in [-0.39, 0.29) is 12.1 Å². The Morgan fingerprint density at radius 1 is 1.38 bits per heavy atom. The molecule has 122 valence electrons. The van der Waals surface area contributed by atoms with Crippen molar-refractivity contribution >= 4 is 17.9 Å². The summed E-state index contributed by atoms with van der Waals surface area (Å²) in [6, 6.07) is 0.891. The molecule has 0 radical (unpaired) electrons. The Balaban J connectivity index is 1.85. The maximum atomic E-state index is 12.3. The maximum Gasteiger partial charge on any atom is 0.410 e. The predicted molar refractivity (Wildman–Crippen MR) is 88.9 cm³/mol. The molecule has 2 rings (SSSR count). The number of hydrogen-bond donors (Lipinski definition) is 1. The maximum absolute atomic E-state index is 12.3. The minimum absolute atomic E-state index is 0.150. The second-order valence-electron chi connectivity index (χ2n) is 7.31. The number of ether oxygens (including phenoxy) is 1. The molecule has 0 saturated carbocycles. The second-order valence-corrected chi connectivity index (χ2v) is 8.78. The van der Waals surface area contributed by atoms with Crippen molar-refractivity contribution in [1.29, 1.82) is 0 Å². The molecule has 21 heavy (non-hydrogen) atoms. The van der Waals surface area contributed by atoms with Gasteiger partial charge in [0.25, 0.3) is 0 Å². The lowest BCUT2D eigenvalue weighted by atomic mass is 10.0. The van der Waals surface area contributed by atoms with Gasteiger partial charge in [-0.1, -0.05) is 6.92 Å². The van der Waals surface area contributed by atoms with Gasteiger partial charge in [-0.15, -0.1) is 0 Å². The fraction of sp³-hybridized carbons (Fsp3) is 0.938. The zero-order chi connectivity index (χ0) is 15.5. The first-order chi connectivity index (χ1) is 9.85. The highest BCUT2D eigenvalue weighted by Crippen LogP contribution is 2.26. The van der Waals surface area contributed by atoms with Crippen molar-refractivity contribution in [3.05, 3.63) is 0 Å². The van der Waals surface area contributed by atoms with Crippen molar-refractivity contribution in [3.8, 4) is 0 Å². The highest BCUT2D eigenvalue weighted by Gasteiger charge is 2.31. The molecule has 2 aliphatic rings. The average molecular weight is 314 g/mol. The summed E-state index contributed by atoms with van der Waals surface area (Å²) in [5.74, 6) is 1.19. The molecule has 0 aromatic carbocycles. The van der Waals surface area contributed by atoms with Gasteiger partial charge >= 0.3 is 6.09 Å². The van der Waals surface area contributed by atoms with Crippen molar-refractivity contribution in [2.24, 2.45) is 0 Å². The van der Waals surface area contributed by atoms with E-state index in [9.17, 15) is 4.79 Å². The van der Waals surface area contributed by atoms with Crippen LogP contribution < -0.4 is 5.32 Å². The molecule has 4 nitrogen and oxygen atoms in total. The van der Waals surface area contributed by atoms with Crippen LogP contribution in [0.1, 0.15) is 53.4 Å². The zero-order valence-corrected chi connectivity index (χ0v) is 14.7. The first-order valence-corrected chi connectivity index (χ1v) is 9.24. The van der Waals surface area contributed by atoms with Crippen LogP contribution in [-0.4, -0.2) is 52.8 Å². The molecule has 3 atom stereocenters. The van der Waals surface area contributed by atoms with Crippen LogP contribution in [0.15, 0.2) is 0 Å². The molecule has 0 bridgehead atoms. The lowest BCUT2D eigenvalue weighted by Gasteiger charge is -2.37. The number of rotatable bonds is 3. The Hall–Kier alpha value is -0.420. The Morgan fingerprint density at radius 3 is 2.76 bits per heavy atom. The number of carbonyl (C=O) groups is 1. The number of likely N-dealkylation sites (tertiary alicyclic amines) is 1. The first kappa shape index (κ1) is 16.9. The average Bonchev–Trinajstić information content (AvgIpc) is 2.80. The molecule has 1 amide bonds. The third kappa shape index (κ3) is 5.37. The highest BCUT2D eigenvalue weighted by molar-refractivity contribution is 8.00. The summed E-state index contributed by atoms with van der Waals surface area (Å²) in [5.41, 5.74) is -0.413. The molecule has 0 aromatic rings. The summed E-state index contributed by atoms with van der Waals surface area (Å²) in [7, 11) is 0. The third-order valence-corrected chi connectivity index (χ3v) is 5.45. The molecule has 2 saturated heterocycles. The van der Waals surface area contributed by atoms with Gasteiger partial charge in [0.2, 0.25) is 0 Å². The van der Waals surface area contributed by atoms with Gasteiger partial charge in [0, 0.05) is 36.2 Å². The molecule has 2 heterocycles. The summed E-state index contributed by atoms with van der Waals surface area (Å²) in [6.45, 7) is 9.81. The Labute approximate surface area is 133 Å². The number of piperidine rings is 1. The van der Waals surface area contributed by atoms with Crippen LogP contribution in [0.25, 0.3) is 0 Å². The number of hydrogen-bond acceptors (Lipinski definition) is 4. The standard InChI is InChI=1S/C16H30N2O2S/c1-12-9-13(11-21-12)17-10-14-7-5-6-8-18(14)15(19)20-16(2,3)4/h12-14,17H,5-11H2,1-4H3. The minimum atomic E-state index is -0.413. The van der Waals surface area contributed by atoms with Gasteiger partial charge in [-0.3, -0.25) is 0 Å². The molecular formula is C16H30N2O2S. The van der Waals surface area contributed by atoms with E-state index in [2.05, 4.69) is 12.2 Å². The molecule has 2 fully saturated rings. The van der Waals surface area contributed by atoms with E-state index < -0.39 is 5.60 Å². The first-order valence-electron chi connectivity index (χ1n) is 8.20. The van der Waals surface area contributed by atoms with Crippen LogP contribution in [0.5, 0.6) is 0 Å². The molecule has 0 spiro atoms. The number of amides is 1. The van der Waals surface area contributed by atoms with Crippen LogP contribution in [0.3, 0.4) is 0 Å². The summed E-state index contributed by atoms with van der Waals surface area (Å²) in [5, 5.41) is 4.42. The van der Waals surface area contributed by atoms with Gasteiger partial charge in [-0.05, 0) is 46.5 Å². The van der Waals surface area contributed by atoms with E-state index in [4.69, 9.17) is 4.74 Å². The molecule has 0 aromatic heterocycles. The quantitative estimate of drug-likeness (QED) is 0.868. The van der Waals surface area contributed by atoms with E-state index in [1.54, 1.807) is 0 Å². The van der Waals surface area contributed by atoms with Gasteiger partial charge in [-0.25, -0.2) is 4.79 Å². The number of thioether (sulfide) groups is 1. The van der Waals surface area contributed by atoms with Crippen molar-refractivity contribution in [2.75, 3.05) is 18.8 Å². The van der Waals surface area contributed by atoms with Gasteiger partial charge in [-0.2, -0.15) is 11.8 Å². The van der Waals surface area contributed by atoms with Crippen LogP contribution >= 0.6 is 11.8 Å². The van der Waals surface area contributed by atoms with Crippen LogP contribution in [0.4, 0.5) is 4.79 Å². The normalized spacial score (nSPS) is 30.5. The Morgan fingerprint density at radius 2 is 2.14 bits per heavy atom. The van der Waals surface area contributed by atoms with Crippen LogP contribution in [-0.2, 0) is 4.74 Å². The van der Waals surface area contributed by atoms with E-state index in [0.29, 0.717) is 6.04 Å². The summed E-state index contributed by atoms with van der Waals surface area (Å²) in [6.07, 6.45) is 4.47. The van der Waals surface area contributed by atoms with Gasteiger partial charge in [0.15, 0.2) is 0 Å².